The van der Waals surface area contributed by atoms with Gasteiger partial charge in [-0.1, -0.05) is 199 Å². The van der Waals surface area contributed by atoms with Crippen molar-refractivity contribution in [1.82, 2.24) is 4.57 Å². The molecule has 0 atom stereocenters. The van der Waals surface area contributed by atoms with Crippen LogP contribution in [0.2, 0.25) is 0 Å². The van der Waals surface area contributed by atoms with E-state index in [1.165, 1.54) is 88.3 Å². The van der Waals surface area contributed by atoms with Crippen LogP contribution in [0, 0.1) is 20.8 Å². The molecule has 0 N–H and O–H groups in total. The maximum atomic E-state index is 2.42. The highest BCUT2D eigenvalue weighted by molar-refractivity contribution is 6.21. The molecule has 0 saturated carbocycles. The second-order valence-electron chi connectivity index (χ2n) is 14.4. The Morgan fingerprint density at radius 3 is 1.46 bits per heavy atom. The zero-order valence-electron chi connectivity index (χ0n) is 32.2. The highest BCUT2D eigenvalue weighted by atomic mass is 15.0. The summed E-state index contributed by atoms with van der Waals surface area (Å²) in [5, 5.41) is 5.13. The average Bonchev–Trinajstić information content (AvgIpc) is 3.59. The first kappa shape index (κ1) is 36.0. The Bertz CT molecular complexity index is 2810. The normalized spacial score (nSPS) is 10.8. The molecule has 1 heterocycles. The van der Waals surface area contributed by atoms with Crippen molar-refractivity contribution in [2.75, 3.05) is 0 Å². The number of para-hydroxylation sites is 1. The standard InChI is InChI=1S/C41H29N.2C7H8/c1-28-24-32(29-12-4-2-5-13-29)26-33(25-28)36-18-11-10-17-35(36)31-20-22-38-40(27-31)42(34-15-6-3-7-16-34)39-23-21-30-14-8-9-19-37(30)41(38)39;2*1-7-5-3-2-4-6-7/h2-27H,1H3;2*2-6H,1H3. The van der Waals surface area contributed by atoms with E-state index in [-0.39, 0.29) is 0 Å². The predicted molar refractivity (Wildman–Crippen MR) is 242 cm³/mol. The molecule has 0 aliphatic carbocycles. The lowest BCUT2D eigenvalue weighted by Crippen LogP contribution is -1.94. The van der Waals surface area contributed by atoms with Crippen LogP contribution in [0.5, 0.6) is 0 Å². The number of rotatable bonds is 4. The Morgan fingerprint density at radius 1 is 0.304 bits per heavy atom. The smallest absolute Gasteiger partial charge is 0.0547 e. The number of fused-ring (bicyclic) bond motifs is 5. The molecule has 0 aliphatic heterocycles. The van der Waals surface area contributed by atoms with Crippen LogP contribution in [-0.2, 0) is 0 Å². The van der Waals surface area contributed by atoms with Crippen molar-refractivity contribution in [3.63, 3.8) is 0 Å². The van der Waals surface area contributed by atoms with Crippen molar-refractivity contribution in [1.29, 1.82) is 0 Å². The van der Waals surface area contributed by atoms with Crippen LogP contribution in [0.3, 0.4) is 0 Å². The number of aromatic nitrogens is 1. The third-order valence-electron chi connectivity index (χ3n) is 10.3. The Labute approximate surface area is 330 Å². The SMILES string of the molecule is Cc1cc(-c2ccccc2)cc(-c2ccccc2-c2ccc3c4c5ccccc5ccc4n(-c4ccccc4)c3c2)c1.Cc1ccccc1.Cc1ccccc1. The summed E-state index contributed by atoms with van der Waals surface area (Å²) in [4.78, 5) is 0. The topological polar surface area (TPSA) is 4.93 Å². The first-order chi connectivity index (χ1) is 27.5. The molecule has 1 nitrogen and oxygen atoms in total. The molecule has 270 valence electrons. The molecule has 56 heavy (non-hydrogen) atoms. The van der Waals surface area contributed by atoms with E-state index in [2.05, 4.69) is 207 Å². The van der Waals surface area contributed by atoms with Gasteiger partial charge >= 0.3 is 0 Å². The number of hydrogen-bond donors (Lipinski definition) is 0. The molecular formula is C55H45N. The van der Waals surface area contributed by atoms with Gasteiger partial charge in [0.05, 0.1) is 11.0 Å². The number of nitrogens with zero attached hydrogens (tertiary/aromatic N) is 1. The molecule has 0 bridgehead atoms. The summed E-state index contributed by atoms with van der Waals surface area (Å²) in [6, 6.07) is 77.8. The van der Waals surface area contributed by atoms with Gasteiger partial charge in [-0.05, 0) is 101 Å². The van der Waals surface area contributed by atoms with Gasteiger partial charge in [0.2, 0.25) is 0 Å². The number of benzene rings is 9. The minimum absolute atomic E-state index is 1.17. The maximum Gasteiger partial charge on any atom is 0.0547 e. The Kier molecular flexibility index (Phi) is 10.7. The summed E-state index contributed by atoms with van der Waals surface area (Å²) >= 11 is 0. The summed E-state index contributed by atoms with van der Waals surface area (Å²) < 4.78 is 2.42. The van der Waals surface area contributed by atoms with Crippen LogP contribution in [0.25, 0.3) is 71.6 Å². The van der Waals surface area contributed by atoms with Crippen molar-refractivity contribution in [3.8, 4) is 39.1 Å². The van der Waals surface area contributed by atoms with Crippen LogP contribution in [0.4, 0.5) is 0 Å². The predicted octanol–water partition coefficient (Wildman–Crippen LogP) is 15.2. The van der Waals surface area contributed by atoms with Gasteiger partial charge < -0.3 is 4.57 Å². The molecular weight excluding hydrogens is 675 g/mol. The molecule has 0 amide bonds. The highest BCUT2D eigenvalue weighted by Gasteiger charge is 2.17. The van der Waals surface area contributed by atoms with Crippen molar-refractivity contribution in [2.24, 2.45) is 0 Å². The summed E-state index contributed by atoms with van der Waals surface area (Å²) in [6.07, 6.45) is 0. The van der Waals surface area contributed by atoms with E-state index in [4.69, 9.17) is 0 Å². The van der Waals surface area contributed by atoms with E-state index < -0.39 is 0 Å². The van der Waals surface area contributed by atoms with E-state index in [1.807, 2.05) is 36.4 Å². The molecule has 0 saturated heterocycles. The molecule has 0 radical (unpaired) electrons. The fraction of sp³-hybridized carbons (Fsp3) is 0.0545. The van der Waals surface area contributed by atoms with Gasteiger partial charge in [-0.25, -0.2) is 0 Å². The van der Waals surface area contributed by atoms with Crippen LogP contribution < -0.4 is 0 Å². The van der Waals surface area contributed by atoms with Gasteiger partial charge in [0, 0.05) is 16.5 Å². The molecule has 0 spiro atoms. The summed E-state index contributed by atoms with van der Waals surface area (Å²) in [5.74, 6) is 0. The monoisotopic (exact) mass is 719 g/mol. The van der Waals surface area contributed by atoms with E-state index in [1.54, 1.807) is 0 Å². The van der Waals surface area contributed by atoms with Gasteiger partial charge in [-0.15, -0.1) is 0 Å². The fourth-order valence-corrected chi connectivity index (χ4v) is 7.60. The van der Waals surface area contributed by atoms with Gasteiger partial charge in [0.25, 0.3) is 0 Å². The number of aryl methyl sites for hydroxylation is 3. The maximum absolute atomic E-state index is 2.42. The molecule has 1 heteroatoms. The Hall–Kier alpha value is -6.96. The zero-order valence-corrected chi connectivity index (χ0v) is 32.2. The molecule has 10 aromatic rings. The first-order valence-electron chi connectivity index (χ1n) is 19.3. The lowest BCUT2D eigenvalue weighted by atomic mass is 9.91. The lowest BCUT2D eigenvalue weighted by Gasteiger charge is -2.14. The molecule has 10 rings (SSSR count). The fourth-order valence-electron chi connectivity index (χ4n) is 7.60. The van der Waals surface area contributed by atoms with Gasteiger partial charge in [-0.3, -0.25) is 0 Å². The third kappa shape index (κ3) is 7.80. The molecule has 9 aromatic carbocycles. The van der Waals surface area contributed by atoms with E-state index in [0.29, 0.717) is 0 Å². The first-order valence-corrected chi connectivity index (χ1v) is 19.3. The van der Waals surface area contributed by atoms with Crippen molar-refractivity contribution < 1.29 is 0 Å². The van der Waals surface area contributed by atoms with E-state index in [0.717, 1.165) is 0 Å². The minimum Gasteiger partial charge on any atom is -0.309 e. The quantitative estimate of drug-likeness (QED) is 0.171. The van der Waals surface area contributed by atoms with E-state index >= 15 is 0 Å². The van der Waals surface area contributed by atoms with Crippen LogP contribution in [0.15, 0.2) is 218 Å². The highest BCUT2D eigenvalue weighted by Crippen LogP contribution is 2.41. The third-order valence-corrected chi connectivity index (χ3v) is 10.3. The second-order valence-corrected chi connectivity index (χ2v) is 14.4. The van der Waals surface area contributed by atoms with Crippen LogP contribution in [0.1, 0.15) is 16.7 Å². The van der Waals surface area contributed by atoms with E-state index in [9.17, 15) is 0 Å². The van der Waals surface area contributed by atoms with Crippen molar-refractivity contribution >= 4 is 32.6 Å². The Balaban J connectivity index is 0.000000265. The molecule has 0 fully saturated rings. The molecule has 0 unspecified atom stereocenters. The summed E-state index contributed by atoms with van der Waals surface area (Å²) in [7, 11) is 0. The molecule has 0 aliphatic rings. The van der Waals surface area contributed by atoms with Gasteiger partial charge in [0.1, 0.15) is 0 Å². The zero-order chi connectivity index (χ0) is 38.3. The Morgan fingerprint density at radius 2 is 0.839 bits per heavy atom. The van der Waals surface area contributed by atoms with Crippen molar-refractivity contribution in [2.45, 2.75) is 20.8 Å². The summed E-state index contributed by atoms with van der Waals surface area (Å²) in [5.41, 5.74) is 14.9. The van der Waals surface area contributed by atoms with Crippen molar-refractivity contribution in [3.05, 3.63) is 235 Å². The summed E-state index contributed by atoms with van der Waals surface area (Å²) in [6.45, 7) is 6.35. The van der Waals surface area contributed by atoms with Gasteiger partial charge in [-0.2, -0.15) is 0 Å². The average molecular weight is 720 g/mol. The molecule has 1 aromatic heterocycles. The van der Waals surface area contributed by atoms with Crippen LogP contribution >= 0.6 is 0 Å². The second kappa shape index (κ2) is 16.6. The lowest BCUT2D eigenvalue weighted by molar-refractivity contribution is 1.18. The van der Waals surface area contributed by atoms with Gasteiger partial charge in [0.15, 0.2) is 0 Å². The largest absolute Gasteiger partial charge is 0.309 e. The number of hydrogen-bond acceptors (Lipinski definition) is 0. The van der Waals surface area contributed by atoms with Crippen LogP contribution in [-0.4, -0.2) is 4.57 Å². The minimum atomic E-state index is 1.17.